The van der Waals surface area contributed by atoms with Gasteiger partial charge in [-0.25, -0.2) is 0 Å². The minimum Gasteiger partial charge on any atom is -0.481 e. The normalized spacial score (nSPS) is 14.4. The molecule has 0 radical (unpaired) electrons. The number of hydrogen-bond acceptors (Lipinski definition) is 7. The number of aliphatic hydroxyl groups is 1. The third-order valence-electron chi connectivity index (χ3n) is 4.30. The maximum atomic E-state index is 12.5. The second kappa shape index (κ2) is 13.1. The number of aliphatic hydroxyl groups excluding tert-OH is 1. The third-order valence-corrected chi connectivity index (χ3v) is 4.30. The number of carbonyl (C=O) groups excluding carboxylic acids is 4. The number of nitrogens with two attached hydrogens (primary N) is 1. The Morgan fingerprint density at radius 2 is 1.74 bits per heavy atom. The number of carbonyl (C=O) groups is 5. The Labute approximate surface area is 179 Å². The van der Waals surface area contributed by atoms with Gasteiger partial charge < -0.3 is 36.7 Å². The maximum Gasteiger partial charge on any atom is 0.303 e. The molecule has 0 aliphatic heterocycles. The topological polar surface area (TPSA) is 188 Å². The molecule has 1 aromatic carbocycles. The molecule has 0 saturated carbocycles. The third kappa shape index (κ3) is 9.83. The van der Waals surface area contributed by atoms with E-state index in [0.717, 1.165) is 5.56 Å². The number of carboxylic acid groups (broad SMARTS) is 1. The van der Waals surface area contributed by atoms with E-state index in [0.29, 0.717) is 6.29 Å². The van der Waals surface area contributed by atoms with E-state index in [1.54, 1.807) is 24.3 Å². The predicted molar refractivity (Wildman–Crippen MR) is 110 cm³/mol. The van der Waals surface area contributed by atoms with Crippen LogP contribution in [0.2, 0.25) is 0 Å². The number of aliphatic carboxylic acids is 1. The summed E-state index contributed by atoms with van der Waals surface area (Å²) in [5.41, 5.74) is 6.36. The van der Waals surface area contributed by atoms with Gasteiger partial charge in [0.1, 0.15) is 12.3 Å². The van der Waals surface area contributed by atoms with Gasteiger partial charge in [-0.05, 0) is 25.3 Å². The number of rotatable bonds is 13. The molecule has 1 rings (SSSR count). The predicted octanol–water partition coefficient (Wildman–Crippen LogP) is -1.91. The Kier molecular flexibility index (Phi) is 10.9. The molecule has 170 valence electrons. The number of nitrogens with one attached hydrogen (secondary N) is 3. The molecule has 0 fully saturated rings. The zero-order valence-corrected chi connectivity index (χ0v) is 17.1. The fraction of sp³-hybridized carbons (Fsp3) is 0.450. The largest absolute Gasteiger partial charge is 0.481 e. The summed E-state index contributed by atoms with van der Waals surface area (Å²) < 4.78 is 0. The van der Waals surface area contributed by atoms with Gasteiger partial charge in [0.25, 0.3) is 0 Å². The standard InChI is InChI=1S/C20H28N4O7/c1-12(26)18(20(31)23-14(11-25)9-13-5-3-2-4-6-13)24-16(27)10-22-19(30)15(21)7-8-17(28)29/h2-6,11-12,14-15,18,26H,7-10,21H2,1H3,(H,22,30)(H,23,31)(H,24,27)(H,28,29)/t12-,14+,15+,18+/m1/s1. The lowest BCUT2D eigenvalue weighted by molar-refractivity contribution is -0.137. The lowest BCUT2D eigenvalue weighted by atomic mass is 10.1. The minimum atomic E-state index is -1.36. The first-order valence-corrected chi connectivity index (χ1v) is 9.66. The molecule has 4 atom stereocenters. The van der Waals surface area contributed by atoms with Crippen molar-refractivity contribution in [3.05, 3.63) is 35.9 Å². The summed E-state index contributed by atoms with van der Waals surface area (Å²) in [6.07, 6.45) is -0.880. The zero-order valence-electron chi connectivity index (χ0n) is 17.1. The van der Waals surface area contributed by atoms with Gasteiger partial charge in [-0.15, -0.1) is 0 Å². The smallest absolute Gasteiger partial charge is 0.303 e. The molecule has 0 aromatic heterocycles. The van der Waals surface area contributed by atoms with E-state index in [1.807, 2.05) is 6.07 Å². The molecule has 0 heterocycles. The van der Waals surface area contributed by atoms with Gasteiger partial charge in [0.15, 0.2) is 0 Å². The van der Waals surface area contributed by atoms with Crippen LogP contribution in [0.25, 0.3) is 0 Å². The van der Waals surface area contributed by atoms with Crippen molar-refractivity contribution >= 4 is 30.0 Å². The van der Waals surface area contributed by atoms with Crippen LogP contribution in [0.5, 0.6) is 0 Å². The average molecular weight is 436 g/mol. The van der Waals surface area contributed by atoms with Crippen molar-refractivity contribution in [3.8, 4) is 0 Å². The Morgan fingerprint density at radius 1 is 1.10 bits per heavy atom. The molecular formula is C20H28N4O7. The minimum absolute atomic E-state index is 0.101. The van der Waals surface area contributed by atoms with Gasteiger partial charge in [0.2, 0.25) is 17.7 Å². The molecule has 1 aromatic rings. The van der Waals surface area contributed by atoms with Crippen LogP contribution < -0.4 is 21.7 Å². The molecule has 0 aliphatic rings. The second-order valence-corrected chi connectivity index (χ2v) is 6.98. The zero-order chi connectivity index (χ0) is 23.4. The highest BCUT2D eigenvalue weighted by atomic mass is 16.4. The monoisotopic (exact) mass is 436 g/mol. The van der Waals surface area contributed by atoms with Crippen LogP contribution in [0.15, 0.2) is 30.3 Å². The van der Waals surface area contributed by atoms with Gasteiger partial charge in [-0.3, -0.25) is 19.2 Å². The first-order valence-electron chi connectivity index (χ1n) is 9.66. The van der Waals surface area contributed by atoms with E-state index in [2.05, 4.69) is 16.0 Å². The Balaban J connectivity index is 2.58. The van der Waals surface area contributed by atoms with Crippen LogP contribution in [0, 0.1) is 0 Å². The van der Waals surface area contributed by atoms with Gasteiger partial charge in [-0.1, -0.05) is 30.3 Å². The Bertz CT molecular complexity index is 770. The van der Waals surface area contributed by atoms with Crippen molar-refractivity contribution in [1.29, 1.82) is 0 Å². The van der Waals surface area contributed by atoms with Crippen LogP contribution in [-0.2, 0) is 30.4 Å². The first-order chi connectivity index (χ1) is 14.6. The number of benzene rings is 1. The quantitative estimate of drug-likeness (QED) is 0.193. The molecular weight excluding hydrogens is 408 g/mol. The number of aldehydes is 1. The van der Waals surface area contributed by atoms with E-state index in [9.17, 15) is 29.1 Å². The Morgan fingerprint density at radius 3 is 2.29 bits per heavy atom. The summed E-state index contributed by atoms with van der Waals surface area (Å²) >= 11 is 0. The molecule has 3 amide bonds. The Hall–Kier alpha value is -3.31. The second-order valence-electron chi connectivity index (χ2n) is 6.98. The first kappa shape index (κ1) is 25.7. The van der Waals surface area contributed by atoms with E-state index in [4.69, 9.17) is 10.8 Å². The van der Waals surface area contributed by atoms with Crippen molar-refractivity contribution in [2.24, 2.45) is 5.73 Å². The SMILES string of the molecule is C[C@@H](O)[C@H](NC(=O)CNC(=O)[C@@H](N)CCC(=O)O)C(=O)N[C@H](C=O)Cc1ccccc1. The van der Waals surface area contributed by atoms with Crippen LogP contribution in [-0.4, -0.2) is 71.0 Å². The van der Waals surface area contributed by atoms with Crippen LogP contribution in [0.3, 0.4) is 0 Å². The molecule has 0 saturated heterocycles. The van der Waals surface area contributed by atoms with E-state index in [-0.39, 0.29) is 19.3 Å². The number of carboxylic acids is 1. The molecule has 11 nitrogen and oxygen atoms in total. The van der Waals surface area contributed by atoms with Crippen molar-refractivity contribution in [1.82, 2.24) is 16.0 Å². The van der Waals surface area contributed by atoms with Crippen LogP contribution in [0.1, 0.15) is 25.3 Å². The molecule has 31 heavy (non-hydrogen) atoms. The molecule has 0 aliphatic carbocycles. The van der Waals surface area contributed by atoms with Crippen molar-refractivity contribution in [2.75, 3.05) is 6.54 Å². The fourth-order valence-electron chi connectivity index (χ4n) is 2.61. The summed E-state index contributed by atoms with van der Waals surface area (Å²) in [5.74, 6) is -3.36. The van der Waals surface area contributed by atoms with E-state index >= 15 is 0 Å². The van der Waals surface area contributed by atoms with Gasteiger partial charge in [0, 0.05) is 6.42 Å². The van der Waals surface area contributed by atoms with Crippen molar-refractivity contribution in [2.45, 2.75) is 50.4 Å². The highest BCUT2D eigenvalue weighted by Crippen LogP contribution is 2.03. The van der Waals surface area contributed by atoms with Crippen molar-refractivity contribution in [3.63, 3.8) is 0 Å². The summed E-state index contributed by atoms with van der Waals surface area (Å²) in [4.78, 5) is 58.2. The number of amides is 3. The van der Waals surface area contributed by atoms with Crippen molar-refractivity contribution < 1.29 is 34.2 Å². The van der Waals surface area contributed by atoms with Gasteiger partial charge in [0.05, 0.1) is 24.7 Å². The summed E-state index contributed by atoms with van der Waals surface area (Å²) in [5, 5.41) is 25.5. The summed E-state index contributed by atoms with van der Waals surface area (Å²) in [6, 6.07) is 5.66. The summed E-state index contributed by atoms with van der Waals surface area (Å²) in [6.45, 7) is 0.759. The van der Waals surface area contributed by atoms with E-state index in [1.165, 1.54) is 6.92 Å². The van der Waals surface area contributed by atoms with Gasteiger partial charge >= 0.3 is 5.97 Å². The highest BCUT2D eigenvalue weighted by Gasteiger charge is 2.27. The molecule has 0 bridgehead atoms. The van der Waals surface area contributed by atoms with E-state index < -0.39 is 54.5 Å². The highest BCUT2D eigenvalue weighted by molar-refractivity contribution is 5.92. The lowest BCUT2D eigenvalue weighted by Crippen LogP contribution is -2.56. The fourth-order valence-corrected chi connectivity index (χ4v) is 2.61. The molecule has 0 spiro atoms. The summed E-state index contributed by atoms with van der Waals surface area (Å²) in [7, 11) is 0. The van der Waals surface area contributed by atoms with Gasteiger partial charge in [-0.2, -0.15) is 0 Å². The lowest BCUT2D eigenvalue weighted by Gasteiger charge is -2.23. The average Bonchev–Trinajstić information content (AvgIpc) is 2.73. The van der Waals surface area contributed by atoms with Crippen LogP contribution in [0.4, 0.5) is 0 Å². The maximum absolute atomic E-state index is 12.5. The molecule has 7 N–H and O–H groups in total. The number of hydrogen-bond donors (Lipinski definition) is 6. The molecule has 11 heteroatoms. The molecule has 0 unspecified atom stereocenters. The van der Waals surface area contributed by atoms with Crippen LogP contribution >= 0.6 is 0 Å².